The zero-order valence-corrected chi connectivity index (χ0v) is 12.9. The van der Waals surface area contributed by atoms with Gasteiger partial charge in [0.25, 0.3) is 5.91 Å². The molecule has 3 aliphatic rings. The van der Waals surface area contributed by atoms with Crippen LogP contribution < -0.4 is 10.6 Å². The number of amides is 1. The Labute approximate surface area is 129 Å². The summed E-state index contributed by atoms with van der Waals surface area (Å²) < 4.78 is 5.39. The van der Waals surface area contributed by atoms with Gasteiger partial charge in [0, 0.05) is 17.5 Å². The van der Waals surface area contributed by atoms with Gasteiger partial charge >= 0.3 is 0 Å². The molecule has 22 heavy (non-hydrogen) atoms. The van der Waals surface area contributed by atoms with Crippen molar-refractivity contribution in [3.8, 4) is 0 Å². The Morgan fingerprint density at radius 3 is 3.05 bits per heavy atom. The third kappa shape index (κ3) is 2.11. The van der Waals surface area contributed by atoms with E-state index < -0.39 is 0 Å². The number of aryl methyl sites for hydroxylation is 1. The van der Waals surface area contributed by atoms with Gasteiger partial charge in [-0.2, -0.15) is 0 Å². The van der Waals surface area contributed by atoms with Crippen LogP contribution in [-0.4, -0.2) is 29.5 Å². The van der Waals surface area contributed by atoms with Crippen molar-refractivity contribution in [2.45, 2.75) is 38.8 Å². The lowest BCUT2D eigenvalue weighted by Crippen LogP contribution is -2.63. The van der Waals surface area contributed by atoms with Crippen LogP contribution in [0.4, 0.5) is 0 Å². The fourth-order valence-corrected chi connectivity index (χ4v) is 4.03. The standard InChI is InChI=1S/C17H21N3O2/c1-9-12-3-4-13(18-8-12)15(9)20-17(21)14-7-11-5-6-22-16(11)10(2)19-14/h5-7,9,12-13,15,18H,3-4,8H2,1-2H3,(H,20,21). The molecule has 0 aromatic carbocycles. The van der Waals surface area contributed by atoms with Gasteiger partial charge in [0.15, 0.2) is 5.58 Å². The van der Waals surface area contributed by atoms with E-state index in [-0.39, 0.29) is 11.9 Å². The lowest BCUT2D eigenvalue weighted by Gasteiger charge is -2.48. The first kappa shape index (κ1) is 13.8. The first-order chi connectivity index (χ1) is 10.6. The highest BCUT2D eigenvalue weighted by molar-refractivity contribution is 5.96. The summed E-state index contributed by atoms with van der Waals surface area (Å²) in [7, 11) is 0. The molecule has 5 nitrogen and oxygen atoms in total. The van der Waals surface area contributed by atoms with Crippen LogP contribution in [0, 0.1) is 18.8 Å². The number of fused-ring (bicyclic) bond motifs is 4. The van der Waals surface area contributed by atoms with Crippen LogP contribution in [0.5, 0.6) is 0 Å². The molecule has 1 amide bonds. The molecule has 116 valence electrons. The van der Waals surface area contributed by atoms with Crippen molar-refractivity contribution < 1.29 is 9.21 Å². The zero-order chi connectivity index (χ0) is 15.3. The fourth-order valence-electron chi connectivity index (χ4n) is 4.03. The Kier molecular flexibility index (Phi) is 3.18. The number of carbonyl (C=O) groups is 1. The van der Waals surface area contributed by atoms with Crippen molar-refractivity contribution in [3.63, 3.8) is 0 Å². The molecule has 3 fully saturated rings. The van der Waals surface area contributed by atoms with Crippen LogP contribution in [0.1, 0.15) is 35.9 Å². The summed E-state index contributed by atoms with van der Waals surface area (Å²) in [6, 6.07) is 4.26. The van der Waals surface area contributed by atoms with E-state index in [9.17, 15) is 4.79 Å². The van der Waals surface area contributed by atoms with Gasteiger partial charge in [-0.25, -0.2) is 4.98 Å². The number of piperidine rings is 2. The number of aromatic nitrogens is 1. The Balaban J connectivity index is 1.58. The molecule has 5 rings (SSSR count). The molecule has 2 bridgehead atoms. The van der Waals surface area contributed by atoms with Crippen molar-refractivity contribution in [1.29, 1.82) is 0 Å². The van der Waals surface area contributed by atoms with Crippen LogP contribution in [0.15, 0.2) is 22.8 Å². The molecule has 0 spiro atoms. The van der Waals surface area contributed by atoms with E-state index in [1.54, 1.807) is 12.3 Å². The average Bonchev–Trinajstić information content (AvgIpc) is 3.00. The topological polar surface area (TPSA) is 67.2 Å². The quantitative estimate of drug-likeness (QED) is 0.892. The van der Waals surface area contributed by atoms with Crippen LogP contribution >= 0.6 is 0 Å². The second-order valence-electron chi connectivity index (χ2n) is 6.64. The number of nitrogens with zero attached hydrogens (tertiary/aromatic N) is 1. The maximum absolute atomic E-state index is 12.6. The van der Waals surface area contributed by atoms with Gasteiger partial charge in [-0.3, -0.25) is 4.79 Å². The Morgan fingerprint density at radius 2 is 2.32 bits per heavy atom. The summed E-state index contributed by atoms with van der Waals surface area (Å²) in [6.45, 7) is 5.20. The number of hydrogen-bond donors (Lipinski definition) is 2. The van der Waals surface area contributed by atoms with E-state index in [2.05, 4.69) is 22.5 Å². The molecule has 2 aliphatic heterocycles. The smallest absolute Gasteiger partial charge is 0.270 e. The summed E-state index contributed by atoms with van der Waals surface area (Å²) in [6.07, 6.45) is 4.05. The third-order valence-electron chi connectivity index (χ3n) is 5.37. The molecular formula is C17H21N3O2. The van der Waals surface area contributed by atoms with E-state index in [1.165, 1.54) is 6.42 Å². The molecule has 4 unspecified atom stereocenters. The Morgan fingerprint density at radius 1 is 1.45 bits per heavy atom. The number of carbonyl (C=O) groups excluding carboxylic acids is 1. The molecule has 4 atom stereocenters. The molecule has 0 radical (unpaired) electrons. The van der Waals surface area contributed by atoms with E-state index in [0.717, 1.165) is 29.6 Å². The zero-order valence-electron chi connectivity index (χ0n) is 12.9. The van der Waals surface area contributed by atoms with Gasteiger partial charge in [0.1, 0.15) is 5.69 Å². The largest absolute Gasteiger partial charge is 0.462 e. The van der Waals surface area contributed by atoms with E-state index in [4.69, 9.17) is 4.42 Å². The lowest BCUT2D eigenvalue weighted by atomic mass is 9.70. The molecular weight excluding hydrogens is 278 g/mol. The summed E-state index contributed by atoms with van der Waals surface area (Å²) in [5, 5.41) is 7.67. The molecule has 5 heteroatoms. The predicted molar refractivity (Wildman–Crippen MR) is 83.7 cm³/mol. The van der Waals surface area contributed by atoms with E-state index in [1.807, 2.05) is 13.0 Å². The van der Waals surface area contributed by atoms with Crippen LogP contribution in [0.2, 0.25) is 0 Å². The predicted octanol–water partition coefficient (Wildman–Crippen LogP) is 2.25. The summed E-state index contributed by atoms with van der Waals surface area (Å²) in [5.74, 6) is 1.10. The maximum Gasteiger partial charge on any atom is 0.270 e. The third-order valence-corrected chi connectivity index (χ3v) is 5.37. The maximum atomic E-state index is 12.6. The minimum Gasteiger partial charge on any atom is -0.462 e. The molecule has 2 aromatic rings. The number of rotatable bonds is 2. The highest BCUT2D eigenvalue weighted by Crippen LogP contribution is 2.34. The monoisotopic (exact) mass is 299 g/mol. The van der Waals surface area contributed by atoms with Crippen molar-refractivity contribution >= 4 is 16.9 Å². The van der Waals surface area contributed by atoms with Gasteiger partial charge in [0.05, 0.1) is 12.0 Å². The number of furan rings is 1. The molecule has 2 N–H and O–H groups in total. The van der Waals surface area contributed by atoms with E-state index >= 15 is 0 Å². The number of nitrogens with one attached hydrogen (secondary N) is 2. The van der Waals surface area contributed by atoms with Crippen LogP contribution in [-0.2, 0) is 0 Å². The summed E-state index contributed by atoms with van der Waals surface area (Å²) in [4.78, 5) is 17.0. The summed E-state index contributed by atoms with van der Waals surface area (Å²) >= 11 is 0. The van der Waals surface area contributed by atoms with Crippen LogP contribution in [0.25, 0.3) is 11.0 Å². The molecule has 1 aliphatic carbocycles. The van der Waals surface area contributed by atoms with Crippen LogP contribution in [0.3, 0.4) is 0 Å². The van der Waals surface area contributed by atoms with Crippen molar-refractivity contribution in [2.75, 3.05) is 6.54 Å². The number of hydrogen-bond acceptors (Lipinski definition) is 4. The second-order valence-corrected chi connectivity index (χ2v) is 6.64. The van der Waals surface area contributed by atoms with Crippen molar-refractivity contribution in [1.82, 2.24) is 15.6 Å². The molecule has 2 saturated heterocycles. The van der Waals surface area contributed by atoms with Gasteiger partial charge in [0.2, 0.25) is 0 Å². The second kappa shape index (κ2) is 5.09. The van der Waals surface area contributed by atoms with E-state index in [0.29, 0.717) is 23.6 Å². The minimum atomic E-state index is -0.0857. The van der Waals surface area contributed by atoms with Crippen molar-refractivity contribution in [3.05, 3.63) is 29.8 Å². The summed E-state index contributed by atoms with van der Waals surface area (Å²) in [5.41, 5.74) is 1.98. The molecule has 4 heterocycles. The first-order valence-electron chi connectivity index (χ1n) is 8.02. The highest BCUT2D eigenvalue weighted by Gasteiger charge is 2.41. The lowest BCUT2D eigenvalue weighted by molar-refractivity contribution is 0.0712. The van der Waals surface area contributed by atoms with Gasteiger partial charge in [-0.15, -0.1) is 0 Å². The fraction of sp³-hybridized carbons (Fsp3) is 0.529. The first-order valence-corrected chi connectivity index (χ1v) is 8.02. The Hall–Kier alpha value is -1.88. The SMILES string of the molecule is Cc1nc(C(=O)NC2C3CCC(CN3)C2C)cc2ccoc12. The molecule has 1 saturated carbocycles. The highest BCUT2D eigenvalue weighted by atomic mass is 16.3. The molecule has 2 aromatic heterocycles. The number of pyridine rings is 1. The van der Waals surface area contributed by atoms with Gasteiger partial charge in [-0.05, 0) is 50.3 Å². The van der Waals surface area contributed by atoms with Gasteiger partial charge < -0.3 is 15.1 Å². The average molecular weight is 299 g/mol. The Bertz CT molecular complexity index is 714. The minimum absolute atomic E-state index is 0.0857. The normalized spacial score (nSPS) is 30.6. The van der Waals surface area contributed by atoms with Gasteiger partial charge in [-0.1, -0.05) is 6.92 Å². The van der Waals surface area contributed by atoms with Crippen molar-refractivity contribution in [2.24, 2.45) is 11.8 Å².